The first-order valence-electron chi connectivity index (χ1n) is 6.85. The fraction of sp³-hybridized carbons (Fsp3) is 0.400. The molecule has 4 nitrogen and oxygen atoms in total. The third-order valence-corrected chi connectivity index (χ3v) is 4.34. The van der Waals surface area contributed by atoms with Crippen LogP contribution in [0.1, 0.15) is 35.2 Å². The van der Waals surface area contributed by atoms with E-state index in [-0.39, 0.29) is 12.7 Å². The summed E-state index contributed by atoms with van der Waals surface area (Å²) in [7, 11) is 0. The quantitative estimate of drug-likeness (QED) is 0.888. The van der Waals surface area contributed by atoms with E-state index in [4.69, 9.17) is 9.84 Å². The molecule has 2 heterocycles. The van der Waals surface area contributed by atoms with Gasteiger partial charge in [-0.25, -0.2) is 4.98 Å². The molecule has 2 N–H and O–H groups in total. The average Bonchev–Trinajstić information content (AvgIpc) is 3.16. The highest BCUT2D eigenvalue weighted by molar-refractivity contribution is 7.09. The topological polar surface area (TPSA) is 54.4 Å². The molecule has 20 heavy (non-hydrogen) atoms. The number of anilines is 1. The SMILES string of the molecule is OCc1cccc(NCc2csc(C3CCCO3)n2)c1. The lowest BCUT2D eigenvalue weighted by Crippen LogP contribution is -2.01. The van der Waals surface area contributed by atoms with Crippen LogP contribution in [-0.2, 0) is 17.9 Å². The van der Waals surface area contributed by atoms with Gasteiger partial charge in [0.25, 0.3) is 0 Å². The Balaban J connectivity index is 1.60. The van der Waals surface area contributed by atoms with Crippen molar-refractivity contribution < 1.29 is 9.84 Å². The maximum atomic E-state index is 9.12. The molecule has 1 atom stereocenters. The summed E-state index contributed by atoms with van der Waals surface area (Å²) in [4.78, 5) is 4.63. The normalized spacial score (nSPS) is 18.4. The molecule has 0 saturated carbocycles. The Hall–Kier alpha value is -1.43. The number of aliphatic hydroxyl groups excluding tert-OH is 1. The molecule has 1 aliphatic rings. The monoisotopic (exact) mass is 290 g/mol. The molecule has 1 saturated heterocycles. The zero-order valence-electron chi connectivity index (χ0n) is 11.2. The number of benzene rings is 1. The first-order valence-corrected chi connectivity index (χ1v) is 7.72. The molecule has 0 amide bonds. The van der Waals surface area contributed by atoms with Gasteiger partial charge in [0.2, 0.25) is 0 Å². The van der Waals surface area contributed by atoms with E-state index in [1.807, 2.05) is 24.3 Å². The molecule has 1 aliphatic heterocycles. The van der Waals surface area contributed by atoms with Crippen molar-refractivity contribution in [3.05, 3.63) is 45.9 Å². The minimum absolute atomic E-state index is 0.0649. The highest BCUT2D eigenvalue weighted by Crippen LogP contribution is 2.30. The van der Waals surface area contributed by atoms with Gasteiger partial charge in [0.05, 0.1) is 18.8 Å². The number of hydrogen-bond acceptors (Lipinski definition) is 5. The second kappa shape index (κ2) is 6.35. The minimum Gasteiger partial charge on any atom is -0.392 e. The van der Waals surface area contributed by atoms with Crippen LogP contribution >= 0.6 is 11.3 Å². The van der Waals surface area contributed by atoms with Crippen LogP contribution in [-0.4, -0.2) is 16.7 Å². The van der Waals surface area contributed by atoms with Crippen LogP contribution in [0.25, 0.3) is 0 Å². The van der Waals surface area contributed by atoms with Crippen LogP contribution in [0.5, 0.6) is 0 Å². The van der Waals surface area contributed by atoms with E-state index in [0.29, 0.717) is 6.54 Å². The lowest BCUT2D eigenvalue weighted by atomic mass is 10.2. The molecule has 0 spiro atoms. The summed E-state index contributed by atoms with van der Waals surface area (Å²) in [6, 6.07) is 7.79. The van der Waals surface area contributed by atoms with E-state index in [1.54, 1.807) is 11.3 Å². The number of thiazole rings is 1. The number of nitrogens with zero attached hydrogens (tertiary/aromatic N) is 1. The Labute approximate surface area is 122 Å². The molecule has 1 unspecified atom stereocenters. The van der Waals surface area contributed by atoms with Crippen LogP contribution in [0.4, 0.5) is 5.69 Å². The third-order valence-electron chi connectivity index (χ3n) is 3.36. The van der Waals surface area contributed by atoms with E-state index in [1.165, 1.54) is 0 Å². The molecule has 5 heteroatoms. The van der Waals surface area contributed by atoms with Crippen molar-refractivity contribution in [1.29, 1.82) is 0 Å². The molecule has 106 valence electrons. The minimum atomic E-state index is 0.0649. The largest absolute Gasteiger partial charge is 0.392 e. The van der Waals surface area contributed by atoms with Crippen molar-refractivity contribution in [2.75, 3.05) is 11.9 Å². The van der Waals surface area contributed by atoms with Gasteiger partial charge in [0.15, 0.2) is 0 Å². The first-order chi connectivity index (χ1) is 9.85. The Morgan fingerprint density at radius 3 is 3.20 bits per heavy atom. The molecule has 2 aromatic rings. The van der Waals surface area contributed by atoms with Crippen molar-refractivity contribution in [3.63, 3.8) is 0 Å². The van der Waals surface area contributed by atoms with Crippen LogP contribution in [0.2, 0.25) is 0 Å². The number of aromatic nitrogens is 1. The number of rotatable bonds is 5. The van der Waals surface area contributed by atoms with Gasteiger partial charge in [0, 0.05) is 17.7 Å². The van der Waals surface area contributed by atoms with Crippen LogP contribution in [0, 0.1) is 0 Å². The fourth-order valence-corrected chi connectivity index (χ4v) is 3.20. The molecule has 0 bridgehead atoms. The number of ether oxygens (including phenoxy) is 1. The van der Waals surface area contributed by atoms with Gasteiger partial charge in [-0.05, 0) is 30.5 Å². The number of hydrogen-bond donors (Lipinski definition) is 2. The average molecular weight is 290 g/mol. The first kappa shape index (κ1) is 13.5. The van der Waals surface area contributed by atoms with Gasteiger partial charge >= 0.3 is 0 Å². The van der Waals surface area contributed by atoms with E-state index in [9.17, 15) is 0 Å². The molecule has 0 aliphatic carbocycles. The summed E-state index contributed by atoms with van der Waals surface area (Å²) in [5.41, 5.74) is 2.95. The van der Waals surface area contributed by atoms with E-state index >= 15 is 0 Å². The van der Waals surface area contributed by atoms with E-state index < -0.39 is 0 Å². The van der Waals surface area contributed by atoms with E-state index in [0.717, 1.165) is 41.4 Å². The van der Waals surface area contributed by atoms with Crippen LogP contribution in [0.15, 0.2) is 29.6 Å². The Morgan fingerprint density at radius 2 is 2.40 bits per heavy atom. The second-order valence-electron chi connectivity index (χ2n) is 4.89. The summed E-state index contributed by atoms with van der Waals surface area (Å²) < 4.78 is 5.65. The Kier molecular flexibility index (Phi) is 4.30. The van der Waals surface area contributed by atoms with Gasteiger partial charge in [0.1, 0.15) is 11.1 Å². The van der Waals surface area contributed by atoms with Crippen LogP contribution < -0.4 is 5.32 Å². The highest BCUT2D eigenvalue weighted by Gasteiger charge is 2.20. The number of nitrogens with one attached hydrogen (secondary N) is 1. The standard InChI is InChI=1S/C15H18N2O2S/c18-9-11-3-1-4-12(7-11)16-8-13-10-20-15(17-13)14-5-2-6-19-14/h1,3-4,7,10,14,16,18H,2,5-6,8-9H2. The predicted octanol–water partition coefficient (Wildman–Crippen LogP) is 3.10. The second-order valence-corrected chi connectivity index (χ2v) is 5.78. The molecular formula is C15H18N2O2S. The molecule has 1 aromatic carbocycles. The van der Waals surface area contributed by atoms with Gasteiger partial charge in [-0.1, -0.05) is 12.1 Å². The maximum absolute atomic E-state index is 9.12. The molecule has 3 rings (SSSR count). The van der Waals surface area contributed by atoms with Gasteiger partial charge in [-0.15, -0.1) is 11.3 Å². The van der Waals surface area contributed by atoms with Gasteiger partial charge in [-0.3, -0.25) is 0 Å². The Morgan fingerprint density at radius 1 is 1.45 bits per heavy atom. The zero-order valence-corrected chi connectivity index (χ0v) is 12.0. The van der Waals surface area contributed by atoms with Crippen molar-refractivity contribution in [2.24, 2.45) is 0 Å². The Bertz CT molecular complexity index is 565. The molecule has 1 aromatic heterocycles. The van der Waals surface area contributed by atoms with Crippen molar-refractivity contribution >= 4 is 17.0 Å². The van der Waals surface area contributed by atoms with Crippen molar-refractivity contribution in [3.8, 4) is 0 Å². The number of aliphatic hydroxyl groups is 1. The predicted molar refractivity (Wildman–Crippen MR) is 79.7 cm³/mol. The molecule has 1 fully saturated rings. The zero-order chi connectivity index (χ0) is 13.8. The third kappa shape index (κ3) is 3.17. The summed E-state index contributed by atoms with van der Waals surface area (Å²) in [6.07, 6.45) is 2.41. The molecular weight excluding hydrogens is 272 g/mol. The van der Waals surface area contributed by atoms with Gasteiger partial charge < -0.3 is 15.2 Å². The smallest absolute Gasteiger partial charge is 0.122 e. The lowest BCUT2D eigenvalue weighted by Gasteiger charge is -2.06. The summed E-state index contributed by atoms with van der Waals surface area (Å²) in [5.74, 6) is 0. The summed E-state index contributed by atoms with van der Waals surface area (Å²) in [6.45, 7) is 1.61. The highest BCUT2D eigenvalue weighted by atomic mass is 32.1. The fourth-order valence-electron chi connectivity index (χ4n) is 2.30. The lowest BCUT2D eigenvalue weighted by molar-refractivity contribution is 0.111. The maximum Gasteiger partial charge on any atom is 0.122 e. The summed E-state index contributed by atoms with van der Waals surface area (Å²) in [5, 5.41) is 15.6. The summed E-state index contributed by atoms with van der Waals surface area (Å²) >= 11 is 1.67. The molecule has 0 radical (unpaired) electrons. The van der Waals surface area contributed by atoms with Crippen molar-refractivity contribution in [2.45, 2.75) is 32.1 Å². The van der Waals surface area contributed by atoms with Crippen molar-refractivity contribution in [1.82, 2.24) is 4.98 Å². The van der Waals surface area contributed by atoms with Crippen LogP contribution in [0.3, 0.4) is 0 Å². The van der Waals surface area contributed by atoms with E-state index in [2.05, 4.69) is 15.7 Å². The van der Waals surface area contributed by atoms with Gasteiger partial charge in [-0.2, -0.15) is 0 Å².